The number of nitrogens with zero attached hydrogens (tertiary/aromatic N) is 4. The Morgan fingerprint density at radius 3 is 2.52 bits per heavy atom. The Morgan fingerprint density at radius 2 is 1.82 bits per heavy atom. The van der Waals surface area contributed by atoms with Crippen LogP contribution in [0.15, 0.2) is 47.6 Å². The van der Waals surface area contributed by atoms with Crippen molar-refractivity contribution in [2.24, 2.45) is 0 Å². The molecule has 3 aromatic rings. The molecule has 4 rings (SSSR count). The smallest absolute Gasteiger partial charge is 0.234 e. The number of nitrogens with one attached hydrogen (secondary N) is 1. The molecule has 0 radical (unpaired) electrons. The van der Waals surface area contributed by atoms with Gasteiger partial charge in [-0.15, -0.1) is 10.2 Å². The first-order valence-electron chi connectivity index (χ1n) is 11.6. The lowest BCUT2D eigenvalue weighted by Gasteiger charge is -2.17. The van der Waals surface area contributed by atoms with E-state index in [1.807, 2.05) is 42.5 Å². The van der Waals surface area contributed by atoms with Crippen molar-refractivity contribution >= 4 is 35.0 Å². The van der Waals surface area contributed by atoms with Crippen LogP contribution in [0, 0.1) is 0 Å². The van der Waals surface area contributed by atoms with Gasteiger partial charge in [-0.05, 0) is 68.1 Å². The number of likely N-dealkylation sites (tertiary alicyclic amines) is 1. The molecule has 0 bridgehead atoms. The fourth-order valence-electron chi connectivity index (χ4n) is 4.25. The number of hydrogen-bond acceptors (Lipinski definition) is 5. The highest BCUT2D eigenvalue weighted by Gasteiger charge is 2.20. The number of carbonyl (C=O) groups excluding carboxylic acids is 1. The van der Waals surface area contributed by atoms with Crippen molar-refractivity contribution in [3.63, 3.8) is 0 Å². The number of anilines is 1. The maximum atomic E-state index is 12.9. The molecule has 33 heavy (non-hydrogen) atoms. The third kappa shape index (κ3) is 5.60. The predicted molar refractivity (Wildman–Crippen MR) is 135 cm³/mol. The average molecular weight is 484 g/mol. The second-order valence-corrected chi connectivity index (χ2v) is 9.51. The highest BCUT2D eigenvalue weighted by Crippen LogP contribution is 2.30. The Kier molecular flexibility index (Phi) is 8.06. The Hall–Kier alpha value is -2.35. The van der Waals surface area contributed by atoms with Crippen LogP contribution in [0.3, 0.4) is 0 Å². The minimum absolute atomic E-state index is 0.0737. The highest BCUT2D eigenvalue weighted by molar-refractivity contribution is 7.99. The number of benzene rings is 2. The molecule has 0 aliphatic carbocycles. The summed E-state index contributed by atoms with van der Waals surface area (Å²) in [4.78, 5) is 15.3. The van der Waals surface area contributed by atoms with Crippen LogP contribution >= 0.6 is 23.4 Å². The van der Waals surface area contributed by atoms with E-state index in [4.69, 9.17) is 11.6 Å². The summed E-state index contributed by atoms with van der Waals surface area (Å²) in [7, 11) is 0. The number of rotatable bonds is 9. The second-order valence-electron chi connectivity index (χ2n) is 8.16. The molecule has 2 aromatic carbocycles. The van der Waals surface area contributed by atoms with Gasteiger partial charge in [-0.2, -0.15) is 0 Å². The summed E-state index contributed by atoms with van der Waals surface area (Å²) < 4.78 is 2.07. The maximum Gasteiger partial charge on any atom is 0.234 e. The summed E-state index contributed by atoms with van der Waals surface area (Å²) >= 11 is 7.80. The van der Waals surface area contributed by atoms with Gasteiger partial charge in [0.25, 0.3) is 0 Å². The van der Waals surface area contributed by atoms with Crippen molar-refractivity contribution in [1.82, 2.24) is 19.7 Å². The van der Waals surface area contributed by atoms with E-state index >= 15 is 0 Å². The van der Waals surface area contributed by atoms with Crippen LogP contribution in [0.2, 0.25) is 5.02 Å². The third-order valence-electron chi connectivity index (χ3n) is 5.95. The standard InChI is InChI=1S/C25H30ClN5OS/c1-3-18-12-13-21(26)20(4-2)24(18)27-23(32)17-33-25-29-28-22(16-30-14-8-9-15-30)31(25)19-10-6-5-7-11-19/h5-7,10-13H,3-4,8-9,14-17H2,1-2H3,(H,27,32). The van der Waals surface area contributed by atoms with Crippen molar-refractivity contribution in [1.29, 1.82) is 0 Å². The van der Waals surface area contributed by atoms with E-state index in [0.717, 1.165) is 66.0 Å². The number of aromatic nitrogens is 3. The van der Waals surface area contributed by atoms with Gasteiger partial charge in [-0.1, -0.05) is 61.5 Å². The third-order valence-corrected chi connectivity index (χ3v) is 7.23. The number of halogens is 1. The molecule has 174 valence electrons. The largest absolute Gasteiger partial charge is 0.325 e. The van der Waals surface area contributed by atoms with E-state index in [2.05, 4.69) is 38.8 Å². The Morgan fingerprint density at radius 1 is 1.06 bits per heavy atom. The molecule has 1 aliphatic rings. The fourth-order valence-corrected chi connectivity index (χ4v) is 5.31. The quantitative estimate of drug-likeness (QED) is 0.414. The van der Waals surface area contributed by atoms with Crippen LogP contribution in [0.4, 0.5) is 5.69 Å². The Labute approximate surface area is 204 Å². The number of carbonyl (C=O) groups is 1. The van der Waals surface area contributed by atoms with Gasteiger partial charge in [-0.3, -0.25) is 14.3 Å². The lowest BCUT2D eigenvalue weighted by Crippen LogP contribution is -2.21. The lowest BCUT2D eigenvalue weighted by atomic mass is 10.0. The molecule has 1 amide bonds. The van der Waals surface area contributed by atoms with Crippen LogP contribution in [0.25, 0.3) is 5.69 Å². The van der Waals surface area contributed by atoms with E-state index in [9.17, 15) is 4.79 Å². The molecule has 8 heteroatoms. The maximum absolute atomic E-state index is 12.9. The molecule has 1 fully saturated rings. The van der Waals surface area contributed by atoms with Gasteiger partial charge in [0.15, 0.2) is 11.0 Å². The summed E-state index contributed by atoms with van der Waals surface area (Å²) in [5.41, 5.74) is 3.93. The first-order valence-corrected chi connectivity index (χ1v) is 12.9. The highest BCUT2D eigenvalue weighted by atomic mass is 35.5. The van der Waals surface area contributed by atoms with Gasteiger partial charge in [-0.25, -0.2) is 0 Å². The number of hydrogen-bond donors (Lipinski definition) is 1. The molecular formula is C25H30ClN5OS. The zero-order chi connectivity index (χ0) is 23.2. The van der Waals surface area contributed by atoms with Crippen LogP contribution in [0.1, 0.15) is 43.6 Å². The first kappa shape index (κ1) is 23.8. The molecule has 0 unspecified atom stereocenters. The number of amides is 1. The summed E-state index contributed by atoms with van der Waals surface area (Å²) in [5.74, 6) is 1.07. The van der Waals surface area contributed by atoms with E-state index in [1.165, 1.54) is 24.6 Å². The minimum atomic E-state index is -0.0737. The zero-order valence-corrected chi connectivity index (χ0v) is 20.8. The molecule has 0 atom stereocenters. The van der Waals surface area contributed by atoms with Gasteiger partial charge in [0.2, 0.25) is 5.91 Å². The van der Waals surface area contributed by atoms with Gasteiger partial charge in [0, 0.05) is 16.4 Å². The molecule has 1 saturated heterocycles. The van der Waals surface area contributed by atoms with E-state index < -0.39 is 0 Å². The first-order chi connectivity index (χ1) is 16.1. The van der Waals surface area contributed by atoms with Crippen molar-refractivity contribution < 1.29 is 4.79 Å². The molecular weight excluding hydrogens is 454 g/mol. The van der Waals surface area contributed by atoms with Crippen molar-refractivity contribution in [3.05, 3.63) is 64.4 Å². The summed E-state index contributed by atoms with van der Waals surface area (Å²) in [6.45, 7) is 7.07. The van der Waals surface area contributed by atoms with Crippen LogP contribution in [-0.4, -0.2) is 44.4 Å². The van der Waals surface area contributed by atoms with Crippen molar-refractivity contribution in [2.75, 3.05) is 24.2 Å². The molecule has 2 heterocycles. The molecule has 0 saturated carbocycles. The van der Waals surface area contributed by atoms with Crippen LogP contribution in [0.5, 0.6) is 0 Å². The molecule has 6 nitrogen and oxygen atoms in total. The fraction of sp³-hybridized carbons (Fsp3) is 0.400. The number of thioether (sulfide) groups is 1. The molecule has 1 aliphatic heterocycles. The predicted octanol–water partition coefficient (Wildman–Crippen LogP) is 5.37. The van der Waals surface area contributed by atoms with Crippen molar-refractivity contribution in [3.8, 4) is 5.69 Å². The van der Waals surface area contributed by atoms with E-state index in [1.54, 1.807) is 0 Å². The van der Waals surface area contributed by atoms with Crippen LogP contribution < -0.4 is 5.32 Å². The monoisotopic (exact) mass is 483 g/mol. The topological polar surface area (TPSA) is 63.1 Å². The molecule has 1 N–H and O–H groups in total. The van der Waals surface area contributed by atoms with E-state index in [0.29, 0.717) is 5.02 Å². The van der Waals surface area contributed by atoms with Gasteiger partial charge >= 0.3 is 0 Å². The zero-order valence-electron chi connectivity index (χ0n) is 19.2. The molecule has 1 aromatic heterocycles. The number of aryl methyl sites for hydroxylation is 1. The Balaban J connectivity index is 1.52. The van der Waals surface area contributed by atoms with E-state index in [-0.39, 0.29) is 11.7 Å². The minimum Gasteiger partial charge on any atom is -0.325 e. The summed E-state index contributed by atoms with van der Waals surface area (Å²) in [5, 5.41) is 13.4. The number of para-hydroxylation sites is 1. The Bertz CT molecular complexity index is 1100. The van der Waals surface area contributed by atoms with Crippen molar-refractivity contribution in [2.45, 2.75) is 51.2 Å². The van der Waals surface area contributed by atoms with Gasteiger partial charge in [0.05, 0.1) is 12.3 Å². The van der Waals surface area contributed by atoms with Crippen LogP contribution in [-0.2, 0) is 24.2 Å². The normalized spacial score (nSPS) is 14.0. The van der Waals surface area contributed by atoms with Gasteiger partial charge < -0.3 is 5.32 Å². The molecule has 0 spiro atoms. The van der Waals surface area contributed by atoms with Gasteiger partial charge in [0.1, 0.15) is 0 Å². The summed E-state index contributed by atoms with van der Waals surface area (Å²) in [6.07, 6.45) is 4.04. The average Bonchev–Trinajstić information content (AvgIpc) is 3.49. The second kappa shape index (κ2) is 11.2. The SMILES string of the molecule is CCc1ccc(Cl)c(CC)c1NC(=O)CSc1nnc(CN2CCCC2)n1-c1ccccc1. The lowest BCUT2D eigenvalue weighted by molar-refractivity contribution is -0.113. The summed E-state index contributed by atoms with van der Waals surface area (Å²) in [6, 6.07) is 14.0.